The Labute approximate surface area is 90.2 Å². The van der Waals surface area contributed by atoms with E-state index in [1.54, 1.807) is 0 Å². The second-order valence-electron chi connectivity index (χ2n) is 3.04. The molecule has 3 nitrogen and oxygen atoms in total. The first-order valence-corrected chi connectivity index (χ1v) is 4.45. The highest BCUT2D eigenvalue weighted by atomic mass is 19.2. The number of methoxy groups -OCH3 is 1. The van der Waals surface area contributed by atoms with Crippen molar-refractivity contribution in [2.75, 3.05) is 13.7 Å². The molecule has 1 rings (SSSR count). The van der Waals surface area contributed by atoms with Gasteiger partial charge in [0.25, 0.3) is 0 Å². The summed E-state index contributed by atoms with van der Waals surface area (Å²) in [5.41, 5.74) is -0.0530. The Bertz CT molecular complexity index is 396. The molecular weight excluding hydrogens is 223 g/mol. The summed E-state index contributed by atoms with van der Waals surface area (Å²) in [5, 5.41) is 2.54. The fourth-order valence-electron chi connectivity index (χ4n) is 1.07. The van der Waals surface area contributed by atoms with E-state index in [1.165, 1.54) is 7.11 Å². The molecule has 88 valence electrons. The summed E-state index contributed by atoms with van der Waals surface area (Å²) in [6.45, 7) is -0.215. The standard InChI is InChI=1S/C10H10F3NO2/c1-16-10(15)5-14-4-6-2-8(12)9(13)3-7(6)11/h2-3,14H,4-5H2,1H3. The maximum atomic E-state index is 13.1. The molecule has 0 spiro atoms. The number of esters is 1. The maximum absolute atomic E-state index is 13.1. The van der Waals surface area contributed by atoms with Crippen molar-refractivity contribution in [1.82, 2.24) is 5.32 Å². The Kier molecular flexibility index (Phi) is 4.30. The second-order valence-corrected chi connectivity index (χ2v) is 3.04. The minimum absolute atomic E-state index is 0.0530. The number of hydrogen-bond donors (Lipinski definition) is 1. The Morgan fingerprint density at radius 1 is 1.25 bits per heavy atom. The lowest BCUT2D eigenvalue weighted by atomic mass is 10.2. The summed E-state index contributed by atoms with van der Waals surface area (Å²) >= 11 is 0. The van der Waals surface area contributed by atoms with Crippen LogP contribution in [0.15, 0.2) is 12.1 Å². The van der Waals surface area contributed by atoms with Crippen molar-refractivity contribution in [2.24, 2.45) is 0 Å². The number of carbonyl (C=O) groups excluding carboxylic acids is 1. The van der Waals surface area contributed by atoms with Gasteiger partial charge in [-0.25, -0.2) is 13.2 Å². The van der Waals surface area contributed by atoms with E-state index in [2.05, 4.69) is 10.1 Å². The van der Waals surface area contributed by atoms with Gasteiger partial charge >= 0.3 is 5.97 Å². The Morgan fingerprint density at radius 2 is 1.88 bits per heavy atom. The van der Waals surface area contributed by atoms with Crippen LogP contribution in [0.1, 0.15) is 5.56 Å². The molecule has 1 N–H and O–H groups in total. The van der Waals surface area contributed by atoms with Crippen LogP contribution in [0.4, 0.5) is 13.2 Å². The lowest BCUT2D eigenvalue weighted by Gasteiger charge is -2.05. The smallest absolute Gasteiger partial charge is 0.319 e. The molecule has 0 aromatic heterocycles. The molecule has 0 saturated heterocycles. The van der Waals surface area contributed by atoms with E-state index in [0.717, 1.165) is 6.07 Å². The first-order valence-electron chi connectivity index (χ1n) is 4.45. The number of nitrogens with one attached hydrogen (secondary N) is 1. The highest BCUT2D eigenvalue weighted by Crippen LogP contribution is 2.13. The number of hydrogen-bond acceptors (Lipinski definition) is 3. The topological polar surface area (TPSA) is 38.3 Å². The van der Waals surface area contributed by atoms with Crippen molar-refractivity contribution in [3.63, 3.8) is 0 Å². The molecule has 1 aromatic carbocycles. The van der Waals surface area contributed by atoms with Crippen LogP contribution in [0.5, 0.6) is 0 Å². The van der Waals surface area contributed by atoms with Gasteiger partial charge in [0.05, 0.1) is 13.7 Å². The van der Waals surface area contributed by atoms with Crippen LogP contribution >= 0.6 is 0 Å². The van der Waals surface area contributed by atoms with Crippen LogP contribution in [0, 0.1) is 17.5 Å². The molecule has 0 atom stereocenters. The monoisotopic (exact) mass is 233 g/mol. The Morgan fingerprint density at radius 3 is 2.50 bits per heavy atom. The highest BCUT2D eigenvalue weighted by Gasteiger charge is 2.09. The van der Waals surface area contributed by atoms with Gasteiger partial charge in [-0.1, -0.05) is 0 Å². The van der Waals surface area contributed by atoms with E-state index in [4.69, 9.17) is 0 Å². The molecular formula is C10H10F3NO2. The maximum Gasteiger partial charge on any atom is 0.319 e. The highest BCUT2D eigenvalue weighted by molar-refractivity contribution is 5.71. The van der Waals surface area contributed by atoms with Crippen molar-refractivity contribution in [3.8, 4) is 0 Å². The van der Waals surface area contributed by atoms with Crippen LogP contribution in [0.25, 0.3) is 0 Å². The summed E-state index contributed by atoms with van der Waals surface area (Å²) in [7, 11) is 1.21. The van der Waals surface area contributed by atoms with E-state index in [0.29, 0.717) is 6.07 Å². The molecule has 0 radical (unpaired) electrons. The lowest BCUT2D eigenvalue weighted by molar-refractivity contribution is -0.139. The SMILES string of the molecule is COC(=O)CNCc1cc(F)c(F)cc1F. The minimum atomic E-state index is -1.24. The van der Waals surface area contributed by atoms with E-state index >= 15 is 0 Å². The number of benzene rings is 1. The summed E-state index contributed by atoms with van der Waals surface area (Å²) in [6, 6.07) is 1.21. The molecule has 0 heterocycles. The zero-order valence-corrected chi connectivity index (χ0v) is 8.52. The summed E-state index contributed by atoms with van der Waals surface area (Å²) in [6.07, 6.45) is 0. The van der Waals surface area contributed by atoms with Crippen molar-refractivity contribution in [2.45, 2.75) is 6.54 Å². The number of carbonyl (C=O) groups is 1. The van der Waals surface area contributed by atoms with Gasteiger partial charge in [-0.3, -0.25) is 4.79 Å². The Hall–Kier alpha value is -1.56. The third kappa shape index (κ3) is 3.23. The van der Waals surface area contributed by atoms with Crippen LogP contribution in [0.3, 0.4) is 0 Å². The second kappa shape index (κ2) is 5.50. The molecule has 0 aliphatic heterocycles. The van der Waals surface area contributed by atoms with Crippen LogP contribution in [0.2, 0.25) is 0 Å². The fraction of sp³-hybridized carbons (Fsp3) is 0.300. The predicted molar refractivity (Wildman–Crippen MR) is 50.0 cm³/mol. The van der Waals surface area contributed by atoms with Crippen LogP contribution in [-0.4, -0.2) is 19.6 Å². The summed E-state index contributed by atoms with van der Waals surface area (Å²) < 4.78 is 42.7. The average molecular weight is 233 g/mol. The fourth-order valence-corrected chi connectivity index (χ4v) is 1.07. The molecule has 1 aromatic rings. The van der Waals surface area contributed by atoms with Gasteiger partial charge in [-0.2, -0.15) is 0 Å². The van der Waals surface area contributed by atoms with Gasteiger partial charge in [-0.05, 0) is 6.07 Å². The first kappa shape index (κ1) is 12.5. The molecule has 0 aliphatic carbocycles. The normalized spacial score (nSPS) is 10.2. The van der Waals surface area contributed by atoms with Gasteiger partial charge in [0, 0.05) is 18.2 Å². The van der Waals surface area contributed by atoms with Gasteiger partial charge in [0.1, 0.15) is 5.82 Å². The molecule has 6 heteroatoms. The van der Waals surface area contributed by atoms with E-state index in [1.807, 2.05) is 0 Å². The molecule has 0 bridgehead atoms. The summed E-state index contributed by atoms with van der Waals surface area (Å²) in [5.74, 6) is -3.76. The van der Waals surface area contributed by atoms with E-state index in [-0.39, 0.29) is 18.7 Å². The van der Waals surface area contributed by atoms with Crippen LogP contribution in [-0.2, 0) is 16.1 Å². The first-order chi connectivity index (χ1) is 7.54. The zero-order valence-electron chi connectivity index (χ0n) is 8.52. The molecule has 0 saturated carbocycles. The van der Waals surface area contributed by atoms with Crippen molar-refractivity contribution in [1.29, 1.82) is 0 Å². The van der Waals surface area contributed by atoms with Gasteiger partial charge in [-0.15, -0.1) is 0 Å². The van der Waals surface area contributed by atoms with Crippen LogP contribution < -0.4 is 5.32 Å². The van der Waals surface area contributed by atoms with Crippen molar-refractivity contribution in [3.05, 3.63) is 35.1 Å². The molecule has 0 amide bonds. The van der Waals surface area contributed by atoms with E-state index < -0.39 is 23.4 Å². The van der Waals surface area contributed by atoms with Crippen molar-refractivity contribution < 1.29 is 22.7 Å². The molecule has 16 heavy (non-hydrogen) atoms. The number of rotatable bonds is 4. The van der Waals surface area contributed by atoms with E-state index in [9.17, 15) is 18.0 Å². The third-order valence-corrected chi connectivity index (χ3v) is 1.90. The van der Waals surface area contributed by atoms with Gasteiger partial charge < -0.3 is 10.1 Å². The van der Waals surface area contributed by atoms with Crippen molar-refractivity contribution >= 4 is 5.97 Å². The predicted octanol–water partition coefficient (Wildman–Crippen LogP) is 1.37. The number of ether oxygens (including phenoxy) is 1. The Balaban J connectivity index is 2.60. The quantitative estimate of drug-likeness (QED) is 0.630. The molecule has 0 fully saturated rings. The lowest BCUT2D eigenvalue weighted by Crippen LogP contribution is -2.24. The van der Waals surface area contributed by atoms with Gasteiger partial charge in [0.2, 0.25) is 0 Å². The third-order valence-electron chi connectivity index (χ3n) is 1.90. The zero-order chi connectivity index (χ0) is 12.1. The largest absolute Gasteiger partial charge is 0.468 e. The molecule has 0 aliphatic rings. The summed E-state index contributed by atoms with van der Waals surface area (Å²) in [4.78, 5) is 10.7. The molecule has 0 unspecified atom stereocenters. The average Bonchev–Trinajstić information content (AvgIpc) is 2.25. The minimum Gasteiger partial charge on any atom is -0.468 e. The number of halogens is 3. The van der Waals surface area contributed by atoms with Gasteiger partial charge in [0.15, 0.2) is 11.6 Å².